The van der Waals surface area contributed by atoms with Crippen LogP contribution >= 0.6 is 0 Å². The Bertz CT molecular complexity index is 397. The third kappa shape index (κ3) is 2.61. The van der Waals surface area contributed by atoms with Gasteiger partial charge >= 0.3 is 0 Å². The van der Waals surface area contributed by atoms with Crippen LogP contribution in [-0.2, 0) is 9.53 Å². The molecule has 0 aliphatic carbocycles. The topological polar surface area (TPSA) is 38.3 Å². The van der Waals surface area contributed by atoms with Gasteiger partial charge in [0.2, 0.25) is 5.91 Å². The van der Waals surface area contributed by atoms with Gasteiger partial charge in [-0.3, -0.25) is 4.79 Å². The van der Waals surface area contributed by atoms with Crippen LogP contribution in [0.3, 0.4) is 0 Å². The van der Waals surface area contributed by atoms with E-state index >= 15 is 0 Å². The first-order chi connectivity index (χ1) is 7.65. The van der Waals surface area contributed by atoms with Crippen molar-refractivity contribution in [1.29, 1.82) is 0 Å². The molecule has 0 saturated carbocycles. The first-order valence-electron chi connectivity index (χ1n) is 5.60. The van der Waals surface area contributed by atoms with Crippen molar-refractivity contribution in [2.75, 3.05) is 18.5 Å². The van der Waals surface area contributed by atoms with Crippen molar-refractivity contribution in [3.63, 3.8) is 0 Å². The van der Waals surface area contributed by atoms with Gasteiger partial charge in [-0.05, 0) is 37.1 Å². The summed E-state index contributed by atoms with van der Waals surface area (Å²) in [6.45, 7) is 5.55. The highest BCUT2D eigenvalue weighted by atomic mass is 16.5. The quantitative estimate of drug-likeness (QED) is 0.847. The van der Waals surface area contributed by atoms with Gasteiger partial charge in [0, 0.05) is 18.0 Å². The van der Waals surface area contributed by atoms with Crippen molar-refractivity contribution >= 4 is 11.6 Å². The highest BCUT2D eigenvalue weighted by Gasteiger charge is 2.21. The lowest BCUT2D eigenvalue weighted by molar-refractivity contribution is -0.121. The number of aryl methyl sites for hydroxylation is 2. The van der Waals surface area contributed by atoms with E-state index < -0.39 is 0 Å². The Morgan fingerprint density at radius 1 is 1.38 bits per heavy atom. The average Bonchev–Trinajstić information content (AvgIpc) is 2.18. The summed E-state index contributed by atoms with van der Waals surface area (Å²) in [5.74, 6) is 0.489. The van der Waals surface area contributed by atoms with Crippen molar-refractivity contribution in [3.8, 4) is 0 Å². The number of amides is 1. The van der Waals surface area contributed by atoms with Crippen molar-refractivity contribution in [2.45, 2.75) is 20.3 Å². The molecular formula is C13H17NO2. The van der Waals surface area contributed by atoms with Gasteiger partial charge in [0.15, 0.2) is 0 Å². The number of benzene rings is 1. The molecule has 0 atom stereocenters. The van der Waals surface area contributed by atoms with Crippen LogP contribution in [0.5, 0.6) is 0 Å². The molecule has 3 heteroatoms. The highest BCUT2D eigenvalue weighted by molar-refractivity contribution is 5.91. The van der Waals surface area contributed by atoms with E-state index in [1.54, 1.807) is 0 Å². The maximum absolute atomic E-state index is 11.6. The first kappa shape index (κ1) is 11.1. The summed E-state index contributed by atoms with van der Waals surface area (Å²) >= 11 is 0. The number of carbonyl (C=O) groups is 1. The Hall–Kier alpha value is -1.35. The number of anilines is 1. The maximum Gasteiger partial charge on any atom is 0.224 e. The lowest BCUT2D eigenvalue weighted by Gasteiger charge is -2.25. The molecule has 86 valence electrons. The molecule has 1 saturated heterocycles. The van der Waals surface area contributed by atoms with Crippen LogP contribution in [-0.4, -0.2) is 19.1 Å². The van der Waals surface area contributed by atoms with Crippen molar-refractivity contribution < 1.29 is 9.53 Å². The Balaban J connectivity index is 1.92. The third-order valence-electron chi connectivity index (χ3n) is 2.97. The van der Waals surface area contributed by atoms with Gasteiger partial charge in [0.05, 0.1) is 13.2 Å². The van der Waals surface area contributed by atoms with E-state index in [1.165, 1.54) is 11.1 Å². The molecule has 0 radical (unpaired) electrons. The number of nitrogens with one attached hydrogen (secondary N) is 1. The van der Waals surface area contributed by atoms with Crippen molar-refractivity contribution in [2.24, 2.45) is 5.92 Å². The molecule has 16 heavy (non-hydrogen) atoms. The molecule has 1 fully saturated rings. The van der Waals surface area contributed by atoms with Gasteiger partial charge in [-0.2, -0.15) is 0 Å². The molecule has 1 aliphatic rings. The fourth-order valence-corrected chi connectivity index (χ4v) is 1.70. The second-order valence-corrected chi connectivity index (χ2v) is 4.45. The molecule has 2 rings (SSSR count). The van der Waals surface area contributed by atoms with E-state index in [2.05, 4.69) is 12.2 Å². The fraction of sp³-hybridized carbons (Fsp3) is 0.462. The van der Waals surface area contributed by atoms with Crippen LogP contribution in [0.25, 0.3) is 0 Å². The Kier molecular flexibility index (Phi) is 3.25. The largest absolute Gasteiger partial charge is 0.381 e. The number of hydrogen-bond acceptors (Lipinski definition) is 2. The van der Waals surface area contributed by atoms with Crippen molar-refractivity contribution in [3.05, 3.63) is 29.3 Å². The summed E-state index contributed by atoms with van der Waals surface area (Å²) < 4.78 is 5.04. The summed E-state index contributed by atoms with van der Waals surface area (Å²) in [6.07, 6.45) is 0.562. The van der Waals surface area contributed by atoms with Gasteiger partial charge in [0.1, 0.15) is 0 Å². The molecule has 0 aromatic heterocycles. The second-order valence-electron chi connectivity index (χ2n) is 4.45. The number of rotatable bonds is 3. The molecule has 1 heterocycles. The summed E-state index contributed by atoms with van der Waals surface area (Å²) in [7, 11) is 0. The van der Waals surface area contributed by atoms with E-state index in [-0.39, 0.29) is 5.91 Å². The normalized spacial score (nSPS) is 15.6. The first-order valence-corrected chi connectivity index (χ1v) is 5.60. The smallest absolute Gasteiger partial charge is 0.224 e. The van der Waals surface area contributed by atoms with Gasteiger partial charge in [0.25, 0.3) is 0 Å². The predicted molar refractivity (Wildman–Crippen MR) is 63.5 cm³/mol. The average molecular weight is 219 g/mol. The lowest BCUT2D eigenvalue weighted by atomic mass is 10.0. The van der Waals surface area contributed by atoms with Crippen LogP contribution in [0, 0.1) is 19.8 Å². The molecule has 3 nitrogen and oxygen atoms in total. The molecular weight excluding hydrogens is 202 g/mol. The maximum atomic E-state index is 11.6. The van der Waals surface area contributed by atoms with Crippen LogP contribution in [0.1, 0.15) is 17.5 Å². The lowest BCUT2D eigenvalue weighted by Crippen LogP contribution is -2.31. The Labute approximate surface area is 95.8 Å². The van der Waals surface area contributed by atoms with E-state index in [9.17, 15) is 4.79 Å². The molecule has 1 N–H and O–H groups in total. The number of ether oxygens (including phenoxy) is 1. The highest BCUT2D eigenvalue weighted by Crippen LogP contribution is 2.17. The molecule has 1 aliphatic heterocycles. The van der Waals surface area contributed by atoms with Crippen LogP contribution in [0.4, 0.5) is 5.69 Å². The zero-order valence-electron chi connectivity index (χ0n) is 9.75. The van der Waals surface area contributed by atoms with E-state index in [1.807, 2.05) is 25.1 Å². The zero-order chi connectivity index (χ0) is 11.5. The molecule has 0 spiro atoms. The predicted octanol–water partition coefficient (Wildman–Crippen LogP) is 2.28. The van der Waals surface area contributed by atoms with E-state index in [4.69, 9.17) is 4.74 Å². The van der Waals surface area contributed by atoms with Gasteiger partial charge in [-0.1, -0.05) is 6.07 Å². The summed E-state index contributed by atoms with van der Waals surface area (Å²) in [4.78, 5) is 11.6. The fourth-order valence-electron chi connectivity index (χ4n) is 1.70. The van der Waals surface area contributed by atoms with E-state index in [0.717, 1.165) is 18.9 Å². The van der Waals surface area contributed by atoms with E-state index in [0.29, 0.717) is 12.3 Å². The van der Waals surface area contributed by atoms with Gasteiger partial charge in [-0.15, -0.1) is 0 Å². The van der Waals surface area contributed by atoms with Crippen LogP contribution in [0.15, 0.2) is 18.2 Å². The zero-order valence-corrected chi connectivity index (χ0v) is 9.75. The molecule has 1 amide bonds. The molecule has 1 aromatic rings. The van der Waals surface area contributed by atoms with Gasteiger partial charge in [-0.25, -0.2) is 0 Å². The van der Waals surface area contributed by atoms with Crippen LogP contribution in [0.2, 0.25) is 0 Å². The molecule has 0 bridgehead atoms. The minimum absolute atomic E-state index is 0.0801. The van der Waals surface area contributed by atoms with Crippen LogP contribution < -0.4 is 5.32 Å². The Morgan fingerprint density at radius 2 is 2.12 bits per heavy atom. The van der Waals surface area contributed by atoms with Gasteiger partial charge < -0.3 is 10.1 Å². The minimum Gasteiger partial charge on any atom is -0.381 e. The monoisotopic (exact) mass is 219 g/mol. The number of hydrogen-bond donors (Lipinski definition) is 1. The third-order valence-corrected chi connectivity index (χ3v) is 2.97. The summed E-state index contributed by atoms with van der Waals surface area (Å²) in [5.41, 5.74) is 3.32. The summed E-state index contributed by atoms with van der Waals surface area (Å²) in [5, 5.41) is 2.91. The molecule has 0 unspecified atom stereocenters. The SMILES string of the molecule is Cc1ccc(NC(=O)CC2COC2)cc1C. The number of carbonyl (C=O) groups excluding carboxylic acids is 1. The Morgan fingerprint density at radius 3 is 2.69 bits per heavy atom. The second kappa shape index (κ2) is 4.66. The molecule has 1 aromatic carbocycles. The standard InChI is InChI=1S/C13H17NO2/c1-9-3-4-12(5-10(9)2)14-13(15)6-11-7-16-8-11/h3-5,11H,6-8H2,1-2H3,(H,14,15). The van der Waals surface area contributed by atoms with Crippen molar-refractivity contribution in [1.82, 2.24) is 0 Å². The summed E-state index contributed by atoms with van der Waals surface area (Å²) in [6, 6.07) is 5.97. The minimum atomic E-state index is 0.0801.